The lowest BCUT2D eigenvalue weighted by atomic mass is 9.85. The number of thiophene rings is 1. The Kier molecular flexibility index (Phi) is 4.40. The SMILES string of the molecule is FC(F)Cc1cc2c(s1)C1(CCN(Cc3ccn[nH]3)CC1)OCC2. The summed E-state index contributed by atoms with van der Waals surface area (Å²) in [5.74, 6) is 0. The molecule has 7 heteroatoms. The average molecular weight is 353 g/mol. The number of hydrogen-bond donors (Lipinski definition) is 1. The fourth-order valence-electron chi connectivity index (χ4n) is 3.79. The Bertz CT molecular complexity index is 678. The molecule has 1 saturated heterocycles. The summed E-state index contributed by atoms with van der Waals surface area (Å²) in [4.78, 5) is 4.38. The zero-order valence-electron chi connectivity index (χ0n) is 13.4. The average Bonchev–Trinajstić information content (AvgIpc) is 3.19. The Labute approximate surface area is 143 Å². The largest absolute Gasteiger partial charge is 0.369 e. The molecule has 0 amide bonds. The molecule has 0 aliphatic carbocycles. The summed E-state index contributed by atoms with van der Waals surface area (Å²) in [6.45, 7) is 3.45. The van der Waals surface area contributed by atoms with E-state index in [1.807, 2.05) is 12.1 Å². The van der Waals surface area contributed by atoms with Crippen molar-refractivity contribution in [1.82, 2.24) is 15.1 Å². The van der Waals surface area contributed by atoms with Gasteiger partial charge in [0, 0.05) is 47.7 Å². The van der Waals surface area contributed by atoms with Crippen LogP contribution in [0.2, 0.25) is 0 Å². The number of rotatable bonds is 4. The zero-order chi connectivity index (χ0) is 16.6. The van der Waals surface area contributed by atoms with Crippen LogP contribution in [0.25, 0.3) is 0 Å². The number of aromatic amines is 1. The number of likely N-dealkylation sites (tertiary alicyclic amines) is 1. The summed E-state index contributed by atoms with van der Waals surface area (Å²) < 4.78 is 31.6. The van der Waals surface area contributed by atoms with Gasteiger partial charge in [-0.05, 0) is 37.0 Å². The molecule has 1 fully saturated rings. The van der Waals surface area contributed by atoms with Gasteiger partial charge in [-0.2, -0.15) is 5.10 Å². The highest BCUT2D eigenvalue weighted by Gasteiger charge is 2.42. The minimum Gasteiger partial charge on any atom is -0.369 e. The lowest BCUT2D eigenvalue weighted by Crippen LogP contribution is -2.45. The molecule has 24 heavy (non-hydrogen) atoms. The van der Waals surface area contributed by atoms with E-state index in [1.54, 1.807) is 6.20 Å². The van der Waals surface area contributed by atoms with E-state index < -0.39 is 6.43 Å². The summed E-state index contributed by atoms with van der Waals surface area (Å²) in [5.41, 5.74) is 2.08. The number of hydrogen-bond acceptors (Lipinski definition) is 4. The van der Waals surface area contributed by atoms with E-state index in [4.69, 9.17) is 4.74 Å². The van der Waals surface area contributed by atoms with E-state index in [9.17, 15) is 8.78 Å². The molecule has 0 atom stereocenters. The molecule has 1 spiro atoms. The molecule has 1 N–H and O–H groups in total. The van der Waals surface area contributed by atoms with Crippen LogP contribution in [0.15, 0.2) is 18.3 Å². The fraction of sp³-hybridized carbons (Fsp3) is 0.588. The number of aromatic nitrogens is 2. The van der Waals surface area contributed by atoms with Crippen molar-refractivity contribution in [3.8, 4) is 0 Å². The van der Waals surface area contributed by atoms with Crippen molar-refractivity contribution in [3.63, 3.8) is 0 Å². The Morgan fingerprint density at radius 2 is 2.21 bits per heavy atom. The van der Waals surface area contributed by atoms with Gasteiger partial charge in [0.2, 0.25) is 6.43 Å². The maximum Gasteiger partial charge on any atom is 0.243 e. The molecule has 2 aliphatic rings. The number of piperidine rings is 1. The summed E-state index contributed by atoms with van der Waals surface area (Å²) >= 11 is 1.54. The van der Waals surface area contributed by atoms with Crippen molar-refractivity contribution in [2.45, 2.75) is 44.3 Å². The second-order valence-electron chi connectivity index (χ2n) is 6.61. The second-order valence-corrected chi connectivity index (χ2v) is 7.75. The van der Waals surface area contributed by atoms with Crippen molar-refractivity contribution < 1.29 is 13.5 Å². The zero-order valence-corrected chi connectivity index (χ0v) is 14.2. The molecule has 0 radical (unpaired) electrons. The first kappa shape index (κ1) is 16.2. The third-order valence-corrected chi connectivity index (χ3v) is 6.38. The van der Waals surface area contributed by atoms with Crippen LogP contribution in [0, 0.1) is 0 Å². The summed E-state index contributed by atoms with van der Waals surface area (Å²) in [6, 6.07) is 3.98. The standard InChI is InChI=1S/C17H21F2N3OS/c18-15(19)10-14-9-12-2-8-23-17(16(12)24-14)3-6-22(7-4-17)11-13-1-5-20-21-13/h1,5,9,15H,2-4,6-8,10-11H2,(H,20,21). The predicted octanol–water partition coefficient (Wildman–Crippen LogP) is 3.34. The van der Waals surface area contributed by atoms with Crippen molar-refractivity contribution in [2.24, 2.45) is 0 Å². The molecule has 0 saturated carbocycles. The summed E-state index contributed by atoms with van der Waals surface area (Å²) in [7, 11) is 0. The molecule has 130 valence electrons. The molecule has 4 heterocycles. The molecule has 0 bridgehead atoms. The third kappa shape index (κ3) is 3.12. The van der Waals surface area contributed by atoms with Gasteiger partial charge in [0.15, 0.2) is 0 Å². The Morgan fingerprint density at radius 1 is 1.38 bits per heavy atom. The first-order chi connectivity index (χ1) is 11.6. The summed E-state index contributed by atoms with van der Waals surface area (Å²) in [5, 5.41) is 6.99. The molecule has 2 aliphatic heterocycles. The van der Waals surface area contributed by atoms with Crippen LogP contribution in [-0.2, 0) is 29.7 Å². The number of nitrogens with one attached hydrogen (secondary N) is 1. The molecular formula is C17H21F2N3OS. The molecule has 4 nitrogen and oxygen atoms in total. The lowest BCUT2D eigenvalue weighted by Gasteiger charge is -2.43. The van der Waals surface area contributed by atoms with Crippen LogP contribution >= 0.6 is 11.3 Å². The van der Waals surface area contributed by atoms with Gasteiger partial charge in [-0.25, -0.2) is 8.78 Å². The molecule has 2 aromatic heterocycles. The topological polar surface area (TPSA) is 41.2 Å². The Morgan fingerprint density at radius 3 is 2.92 bits per heavy atom. The number of halogens is 2. The van der Waals surface area contributed by atoms with Crippen LogP contribution in [0.4, 0.5) is 8.78 Å². The van der Waals surface area contributed by atoms with Crippen LogP contribution in [0.3, 0.4) is 0 Å². The lowest BCUT2D eigenvalue weighted by molar-refractivity contribution is -0.0961. The number of nitrogens with zero attached hydrogens (tertiary/aromatic N) is 2. The first-order valence-corrected chi connectivity index (χ1v) is 9.21. The number of H-pyrrole nitrogens is 1. The van der Waals surface area contributed by atoms with E-state index in [0.717, 1.165) is 49.5 Å². The maximum atomic E-state index is 12.7. The van der Waals surface area contributed by atoms with Gasteiger partial charge in [0.25, 0.3) is 0 Å². The van der Waals surface area contributed by atoms with Gasteiger partial charge in [0.1, 0.15) is 5.60 Å². The van der Waals surface area contributed by atoms with E-state index in [0.29, 0.717) is 6.61 Å². The Hall–Kier alpha value is -1.31. The van der Waals surface area contributed by atoms with E-state index in [2.05, 4.69) is 15.1 Å². The smallest absolute Gasteiger partial charge is 0.243 e. The quantitative estimate of drug-likeness (QED) is 0.917. The first-order valence-electron chi connectivity index (χ1n) is 8.39. The van der Waals surface area contributed by atoms with E-state index in [1.165, 1.54) is 21.8 Å². The predicted molar refractivity (Wildman–Crippen MR) is 88.5 cm³/mol. The summed E-state index contributed by atoms with van der Waals surface area (Å²) in [6.07, 6.45) is 2.03. The number of fused-ring (bicyclic) bond motifs is 2. The highest BCUT2D eigenvalue weighted by molar-refractivity contribution is 7.12. The normalized spacial score (nSPS) is 20.6. The number of ether oxygens (including phenoxy) is 1. The van der Waals surface area contributed by atoms with Gasteiger partial charge in [-0.3, -0.25) is 10.00 Å². The van der Waals surface area contributed by atoms with Gasteiger partial charge in [-0.1, -0.05) is 0 Å². The van der Waals surface area contributed by atoms with E-state index in [-0.39, 0.29) is 12.0 Å². The minimum atomic E-state index is -2.28. The fourth-order valence-corrected chi connectivity index (χ4v) is 5.20. The van der Waals surface area contributed by atoms with Crippen molar-refractivity contribution in [2.75, 3.05) is 19.7 Å². The van der Waals surface area contributed by atoms with Crippen molar-refractivity contribution in [1.29, 1.82) is 0 Å². The highest BCUT2D eigenvalue weighted by Crippen LogP contribution is 2.45. The minimum absolute atomic E-state index is 0.139. The van der Waals surface area contributed by atoms with Crippen molar-refractivity contribution in [3.05, 3.63) is 39.3 Å². The van der Waals surface area contributed by atoms with Crippen LogP contribution < -0.4 is 0 Å². The third-order valence-electron chi connectivity index (χ3n) is 5.00. The monoisotopic (exact) mass is 353 g/mol. The maximum absolute atomic E-state index is 12.7. The van der Waals surface area contributed by atoms with Crippen LogP contribution in [-0.4, -0.2) is 41.2 Å². The van der Waals surface area contributed by atoms with Crippen LogP contribution in [0.1, 0.15) is 33.9 Å². The Balaban J connectivity index is 1.48. The molecule has 4 rings (SSSR count). The molecule has 0 unspecified atom stereocenters. The van der Waals surface area contributed by atoms with Gasteiger partial charge < -0.3 is 4.74 Å². The van der Waals surface area contributed by atoms with Gasteiger partial charge in [-0.15, -0.1) is 11.3 Å². The molecule has 2 aromatic rings. The highest BCUT2D eigenvalue weighted by atomic mass is 32.1. The van der Waals surface area contributed by atoms with E-state index >= 15 is 0 Å². The molecular weight excluding hydrogens is 332 g/mol. The molecule has 0 aromatic carbocycles. The van der Waals surface area contributed by atoms with Crippen molar-refractivity contribution >= 4 is 11.3 Å². The van der Waals surface area contributed by atoms with Crippen LogP contribution in [0.5, 0.6) is 0 Å². The van der Waals surface area contributed by atoms with Gasteiger partial charge >= 0.3 is 0 Å². The van der Waals surface area contributed by atoms with Gasteiger partial charge in [0.05, 0.1) is 6.61 Å². The number of alkyl halides is 2. The second kappa shape index (κ2) is 6.54.